The molecule has 0 unspecified atom stereocenters. The number of benzene rings is 3. The van der Waals surface area contributed by atoms with Crippen LogP contribution in [-0.4, -0.2) is 13.0 Å². The molecule has 3 heteroatoms. The van der Waals surface area contributed by atoms with E-state index in [1.807, 2.05) is 54.6 Å². The van der Waals surface area contributed by atoms with E-state index in [0.29, 0.717) is 16.7 Å². The van der Waals surface area contributed by atoms with Crippen LogP contribution in [0.1, 0.15) is 15.9 Å². The van der Waals surface area contributed by atoms with Gasteiger partial charge < -0.3 is 5.32 Å². The molecule has 0 aliphatic rings. The normalized spacial score (nSPS) is 10.5. The van der Waals surface area contributed by atoms with Crippen molar-refractivity contribution in [1.29, 1.82) is 0 Å². The summed E-state index contributed by atoms with van der Waals surface area (Å²) in [6.45, 7) is 1.63. The average Bonchev–Trinajstić information content (AvgIpc) is 2.64. The fourth-order valence-corrected chi connectivity index (χ4v) is 2.86. The van der Waals surface area contributed by atoms with Crippen LogP contribution < -0.4 is 5.32 Å². The molecule has 0 saturated heterocycles. The molecule has 3 aromatic carbocycles. The summed E-state index contributed by atoms with van der Waals surface area (Å²) in [5.41, 5.74) is 4.02. The van der Waals surface area contributed by atoms with E-state index < -0.39 is 0 Å². The van der Waals surface area contributed by atoms with Crippen LogP contribution in [0.3, 0.4) is 0 Å². The number of carbonyl (C=O) groups is 1. The van der Waals surface area contributed by atoms with Crippen molar-refractivity contribution in [3.63, 3.8) is 0 Å². The Morgan fingerprint density at radius 1 is 0.833 bits per heavy atom. The number of carbonyl (C=O) groups excluding carboxylic acids is 1. The van der Waals surface area contributed by atoms with Gasteiger partial charge >= 0.3 is 0 Å². The average molecular weight is 319 g/mol. The highest BCUT2D eigenvalue weighted by atomic mass is 19.1. The van der Waals surface area contributed by atoms with Gasteiger partial charge in [0.1, 0.15) is 5.82 Å². The fraction of sp³-hybridized carbons (Fsp3) is 0.0952. The van der Waals surface area contributed by atoms with Gasteiger partial charge in [-0.15, -0.1) is 0 Å². The SMILES string of the molecule is CNC(=O)c1ccc(-c2ccccc2-c2ccccc2)c(F)c1C. The van der Waals surface area contributed by atoms with Crippen LogP contribution in [0, 0.1) is 12.7 Å². The minimum atomic E-state index is -0.362. The third-order valence-electron chi connectivity index (χ3n) is 4.16. The highest BCUT2D eigenvalue weighted by Crippen LogP contribution is 2.34. The number of rotatable bonds is 3. The van der Waals surface area contributed by atoms with E-state index in [0.717, 1.165) is 16.7 Å². The first kappa shape index (κ1) is 15.9. The van der Waals surface area contributed by atoms with Gasteiger partial charge in [-0.2, -0.15) is 0 Å². The van der Waals surface area contributed by atoms with Gasteiger partial charge in [0.15, 0.2) is 0 Å². The Kier molecular flexibility index (Phi) is 4.43. The molecule has 0 aromatic heterocycles. The van der Waals surface area contributed by atoms with Crippen LogP contribution in [0.2, 0.25) is 0 Å². The lowest BCUT2D eigenvalue weighted by atomic mass is 9.92. The summed E-state index contributed by atoms with van der Waals surface area (Å²) in [5, 5.41) is 2.54. The van der Waals surface area contributed by atoms with Crippen molar-refractivity contribution in [2.75, 3.05) is 7.05 Å². The maximum Gasteiger partial charge on any atom is 0.251 e. The molecule has 1 N–H and O–H groups in total. The Balaban J connectivity index is 2.18. The van der Waals surface area contributed by atoms with Gasteiger partial charge in [-0.3, -0.25) is 4.79 Å². The Labute approximate surface area is 141 Å². The Morgan fingerprint density at radius 3 is 2.12 bits per heavy atom. The Hall–Kier alpha value is -2.94. The van der Waals surface area contributed by atoms with Crippen molar-refractivity contribution in [2.45, 2.75) is 6.92 Å². The van der Waals surface area contributed by atoms with E-state index in [4.69, 9.17) is 0 Å². The molecule has 0 aliphatic carbocycles. The smallest absolute Gasteiger partial charge is 0.251 e. The molecule has 24 heavy (non-hydrogen) atoms. The number of halogens is 1. The van der Waals surface area contributed by atoms with Gasteiger partial charge in [-0.1, -0.05) is 60.7 Å². The highest BCUT2D eigenvalue weighted by Gasteiger charge is 2.17. The quantitative estimate of drug-likeness (QED) is 0.736. The molecule has 3 rings (SSSR count). The maximum atomic E-state index is 15.0. The van der Waals surface area contributed by atoms with Crippen molar-refractivity contribution in [2.24, 2.45) is 0 Å². The zero-order chi connectivity index (χ0) is 17.1. The molecule has 1 amide bonds. The first-order valence-electron chi connectivity index (χ1n) is 7.79. The largest absolute Gasteiger partial charge is 0.355 e. The Morgan fingerprint density at radius 2 is 1.46 bits per heavy atom. The zero-order valence-corrected chi connectivity index (χ0v) is 13.6. The van der Waals surface area contributed by atoms with Gasteiger partial charge in [0.05, 0.1) is 0 Å². The number of nitrogens with one attached hydrogen (secondary N) is 1. The second-order valence-corrected chi connectivity index (χ2v) is 5.59. The lowest BCUT2D eigenvalue weighted by Crippen LogP contribution is -2.19. The predicted octanol–water partition coefficient (Wildman–Crippen LogP) is 4.83. The first-order valence-corrected chi connectivity index (χ1v) is 7.79. The lowest BCUT2D eigenvalue weighted by molar-refractivity contribution is 0.0962. The van der Waals surface area contributed by atoms with Crippen LogP contribution in [0.5, 0.6) is 0 Å². The molecule has 0 atom stereocenters. The van der Waals surface area contributed by atoms with E-state index >= 15 is 0 Å². The van der Waals surface area contributed by atoms with Gasteiger partial charge in [-0.25, -0.2) is 4.39 Å². The van der Waals surface area contributed by atoms with Gasteiger partial charge in [0.25, 0.3) is 5.91 Å². The number of amides is 1. The standard InChI is InChI=1S/C21H18FNO/c1-14-16(21(24)23-2)12-13-19(20(14)22)18-11-7-6-10-17(18)15-8-4-3-5-9-15/h3-13H,1-2H3,(H,23,24). The van der Waals surface area contributed by atoms with E-state index in [1.165, 1.54) is 7.05 Å². The van der Waals surface area contributed by atoms with Crippen molar-refractivity contribution < 1.29 is 9.18 Å². The van der Waals surface area contributed by atoms with Crippen LogP contribution in [-0.2, 0) is 0 Å². The minimum Gasteiger partial charge on any atom is -0.355 e. The molecule has 0 spiro atoms. The van der Waals surface area contributed by atoms with Crippen molar-refractivity contribution in [3.05, 3.63) is 83.7 Å². The fourth-order valence-electron chi connectivity index (χ4n) is 2.86. The minimum absolute atomic E-state index is 0.283. The molecule has 3 aromatic rings. The summed E-state index contributed by atoms with van der Waals surface area (Å²) < 4.78 is 15.0. The van der Waals surface area contributed by atoms with Crippen LogP contribution in [0.15, 0.2) is 66.7 Å². The molecular weight excluding hydrogens is 301 g/mol. The van der Waals surface area contributed by atoms with Crippen molar-refractivity contribution >= 4 is 5.91 Å². The number of hydrogen-bond donors (Lipinski definition) is 1. The van der Waals surface area contributed by atoms with E-state index in [1.54, 1.807) is 19.1 Å². The molecule has 0 bridgehead atoms. The molecule has 120 valence electrons. The van der Waals surface area contributed by atoms with Crippen LogP contribution in [0.25, 0.3) is 22.3 Å². The second-order valence-electron chi connectivity index (χ2n) is 5.59. The molecule has 0 aliphatic heterocycles. The van der Waals surface area contributed by atoms with Gasteiger partial charge in [-0.05, 0) is 35.2 Å². The molecule has 0 heterocycles. The molecule has 0 fully saturated rings. The van der Waals surface area contributed by atoms with Gasteiger partial charge in [0, 0.05) is 18.2 Å². The molecule has 0 saturated carbocycles. The first-order chi connectivity index (χ1) is 11.6. The highest BCUT2D eigenvalue weighted by molar-refractivity contribution is 5.96. The van der Waals surface area contributed by atoms with E-state index in [-0.39, 0.29) is 11.7 Å². The summed E-state index contributed by atoms with van der Waals surface area (Å²) >= 11 is 0. The van der Waals surface area contributed by atoms with E-state index in [2.05, 4.69) is 5.32 Å². The third kappa shape index (κ3) is 2.81. The monoisotopic (exact) mass is 319 g/mol. The summed E-state index contributed by atoms with van der Waals surface area (Å²) in [6, 6.07) is 20.9. The predicted molar refractivity (Wildman–Crippen MR) is 95.4 cm³/mol. The number of hydrogen-bond acceptors (Lipinski definition) is 1. The second kappa shape index (κ2) is 6.67. The summed E-state index contributed by atoms with van der Waals surface area (Å²) in [5.74, 6) is -0.645. The summed E-state index contributed by atoms with van der Waals surface area (Å²) in [6.07, 6.45) is 0. The van der Waals surface area contributed by atoms with Gasteiger partial charge in [0.2, 0.25) is 0 Å². The topological polar surface area (TPSA) is 29.1 Å². The lowest BCUT2D eigenvalue weighted by Gasteiger charge is -2.14. The summed E-state index contributed by atoms with van der Waals surface area (Å²) in [4.78, 5) is 11.8. The molecule has 0 radical (unpaired) electrons. The zero-order valence-electron chi connectivity index (χ0n) is 13.6. The maximum absolute atomic E-state index is 15.0. The van der Waals surface area contributed by atoms with Crippen LogP contribution >= 0.6 is 0 Å². The van der Waals surface area contributed by atoms with Crippen molar-refractivity contribution in [1.82, 2.24) is 5.32 Å². The third-order valence-corrected chi connectivity index (χ3v) is 4.16. The van der Waals surface area contributed by atoms with Crippen LogP contribution in [0.4, 0.5) is 4.39 Å². The molecule has 2 nitrogen and oxygen atoms in total. The Bertz CT molecular complexity index is 888. The molecular formula is C21H18FNO. The van der Waals surface area contributed by atoms with E-state index in [9.17, 15) is 9.18 Å². The summed E-state index contributed by atoms with van der Waals surface area (Å²) in [7, 11) is 1.54. The van der Waals surface area contributed by atoms with Crippen molar-refractivity contribution in [3.8, 4) is 22.3 Å².